The molecule has 28 heavy (non-hydrogen) atoms. The summed E-state index contributed by atoms with van der Waals surface area (Å²) in [5, 5.41) is 7.20. The Balaban J connectivity index is 1.52. The Morgan fingerprint density at radius 3 is 2.71 bits per heavy atom. The summed E-state index contributed by atoms with van der Waals surface area (Å²) in [6, 6.07) is 7.85. The fourth-order valence-corrected chi connectivity index (χ4v) is 3.87. The zero-order valence-electron chi connectivity index (χ0n) is 15.7. The molecule has 2 aromatic heterocycles. The van der Waals surface area contributed by atoms with Gasteiger partial charge in [-0.15, -0.1) is 0 Å². The highest BCUT2D eigenvalue weighted by atomic mass is 32.2. The van der Waals surface area contributed by atoms with Gasteiger partial charge >= 0.3 is 0 Å². The number of hydrogen-bond donors (Lipinski definition) is 1. The molecular weight excluding hydrogens is 378 g/mol. The molecule has 1 aliphatic heterocycles. The van der Waals surface area contributed by atoms with E-state index >= 15 is 0 Å². The molecule has 4 rings (SSSR count). The fraction of sp³-hybridized carbons (Fsp3) is 0.316. The van der Waals surface area contributed by atoms with Crippen LogP contribution in [0.4, 0.5) is 0 Å². The van der Waals surface area contributed by atoms with Gasteiger partial charge in [0, 0.05) is 55.2 Å². The molecule has 3 heterocycles. The zero-order chi connectivity index (χ0) is 19.7. The lowest BCUT2D eigenvalue weighted by Gasteiger charge is -2.27. The van der Waals surface area contributed by atoms with E-state index in [0.29, 0.717) is 13.0 Å². The van der Waals surface area contributed by atoms with E-state index in [1.807, 2.05) is 30.5 Å². The minimum atomic E-state index is -3.39. The van der Waals surface area contributed by atoms with Gasteiger partial charge in [-0.1, -0.05) is 0 Å². The molecule has 146 valence electrons. The van der Waals surface area contributed by atoms with E-state index in [4.69, 9.17) is 4.74 Å². The van der Waals surface area contributed by atoms with Crippen molar-refractivity contribution >= 4 is 9.84 Å². The Morgan fingerprint density at radius 2 is 2.00 bits per heavy atom. The molecule has 9 heteroatoms. The van der Waals surface area contributed by atoms with E-state index in [0.717, 1.165) is 53.2 Å². The molecule has 3 aromatic rings. The minimum absolute atomic E-state index is 0.101. The van der Waals surface area contributed by atoms with Gasteiger partial charge in [-0.25, -0.2) is 18.4 Å². The molecule has 1 aromatic carbocycles. The van der Waals surface area contributed by atoms with Crippen molar-refractivity contribution in [1.29, 1.82) is 0 Å². The fourth-order valence-electron chi connectivity index (χ4n) is 3.35. The van der Waals surface area contributed by atoms with E-state index in [-0.39, 0.29) is 5.16 Å². The van der Waals surface area contributed by atoms with Crippen LogP contribution in [0, 0.1) is 0 Å². The van der Waals surface area contributed by atoms with Crippen molar-refractivity contribution < 1.29 is 13.2 Å². The molecule has 8 nitrogen and oxygen atoms in total. The van der Waals surface area contributed by atoms with E-state index < -0.39 is 9.84 Å². The molecule has 1 N–H and O–H groups in total. The molecule has 0 saturated carbocycles. The molecule has 0 fully saturated rings. The average molecular weight is 399 g/mol. The highest BCUT2D eigenvalue weighted by Gasteiger charge is 2.22. The molecule has 0 bridgehead atoms. The maximum atomic E-state index is 11.7. The van der Waals surface area contributed by atoms with Crippen LogP contribution in [0.5, 0.6) is 5.75 Å². The first-order valence-corrected chi connectivity index (χ1v) is 10.8. The van der Waals surface area contributed by atoms with Gasteiger partial charge in [0.15, 0.2) is 0 Å². The summed E-state index contributed by atoms with van der Waals surface area (Å²) in [5.74, 6) is 0.811. The number of nitrogens with one attached hydrogen (secondary N) is 1. The lowest BCUT2D eigenvalue weighted by Crippen LogP contribution is -2.31. The van der Waals surface area contributed by atoms with Crippen LogP contribution >= 0.6 is 0 Å². The summed E-state index contributed by atoms with van der Waals surface area (Å²) in [5.41, 5.74) is 4.91. The van der Waals surface area contributed by atoms with Gasteiger partial charge in [-0.2, -0.15) is 5.10 Å². The van der Waals surface area contributed by atoms with Gasteiger partial charge in [0.25, 0.3) is 0 Å². The number of aromatic nitrogens is 4. The molecule has 0 unspecified atom stereocenters. The second-order valence-corrected chi connectivity index (χ2v) is 8.77. The number of sulfone groups is 1. The number of methoxy groups -OCH3 is 1. The number of H-pyrrole nitrogens is 1. The number of aromatic amines is 1. The van der Waals surface area contributed by atoms with Crippen LogP contribution in [0.25, 0.3) is 11.3 Å². The third-order valence-electron chi connectivity index (χ3n) is 4.81. The van der Waals surface area contributed by atoms with E-state index in [2.05, 4.69) is 25.1 Å². The summed E-state index contributed by atoms with van der Waals surface area (Å²) >= 11 is 0. The van der Waals surface area contributed by atoms with Crippen LogP contribution in [-0.2, 0) is 29.3 Å². The zero-order valence-corrected chi connectivity index (χ0v) is 16.5. The number of nitrogens with zero attached hydrogens (tertiary/aromatic N) is 4. The van der Waals surface area contributed by atoms with Gasteiger partial charge < -0.3 is 4.74 Å². The van der Waals surface area contributed by atoms with Crippen molar-refractivity contribution in [3.05, 3.63) is 53.5 Å². The second-order valence-electron chi connectivity index (χ2n) is 6.86. The second kappa shape index (κ2) is 7.33. The monoisotopic (exact) mass is 399 g/mol. The standard InChI is InChI=1S/C19H21N5O3S/c1-27-16-5-3-13(4-6-16)18-15(10-21-23-18)12-24-8-7-17-14(11-24)9-20-19(22-17)28(2,25)26/h3-6,9-10H,7-8,11-12H2,1-2H3,(H,21,23). The van der Waals surface area contributed by atoms with Crippen molar-refractivity contribution in [1.82, 2.24) is 25.1 Å². The van der Waals surface area contributed by atoms with Gasteiger partial charge in [0.1, 0.15) is 5.75 Å². The summed E-state index contributed by atoms with van der Waals surface area (Å²) in [7, 11) is -1.74. The first-order valence-electron chi connectivity index (χ1n) is 8.88. The molecule has 0 aliphatic carbocycles. The van der Waals surface area contributed by atoms with Crippen LogP contribution < -0.4 is 4.74 Å². The van der Waals surface area contributed by atoms with Gasteiger partial charge in [0.05, 0.1) is 24.7 Å². The maximum Gasteiger partial charge on any atom is 0.246 e. The molecule has 0 spiro atoms. The van der Waals surface area contributed by atoms with Crippen molar-refractivity contribution in [2.24, 2.45) is 0 Å². The molecule has 0 saturated heterocycles. The lowest BCUT2D eigenvalue weighted by atomic mass is 10.0. The first-order chi connectivity index (χ1) is 13.4. The van der Waals surface area contributed by atoms with E-state index in [1.165, 1.54) is 0 Å². The summed E-state index contributed by atoms with van der Waals surface area (Å²) < 4.78 is 28.5. The van der Waals surface area contributed by atoms with Crippen LogP contribution in [0.3, 0.4) is 0 Å². The topological polar surface area (TPSA) is 101 Å². The van der Waals surface area contributed by atoms with Gasteiger partial charge in [-0.05, 0) is 24.3 Å². The SMILES string of the molecule is COc1ccc(-c2[nH]ncc2CN2CCc3nc(S(C)(=O)=O)ncc3C2)cc1. The van der Waals surface area contributed by atoms with Gasteiger partial charge in [-0.3, -0.25) is 10.00 Å². The Kier molecular flexibility index (Phi) is 4.86. The number of rotatable bonds is 5. The summed E-state index contributed by atoms with van der Waals surface area (Å²) in [6.45, 7) is 2.19. The highest BCUT2D eigenvalue weighted by molar-refractivity contribution is 7.90. The number of ether oxygens (including phenoxy) is 1. The van der Waals surface area contributed by atoms with Crippen molar-refractivity contribution in [3.63, 3.8) is 0 Å². The predicted molar refractivity (Wildman–Crippen MR) is 104 cm³/mol. The molecule has 0 atom stereocenters. The average Bonchev–Trinajstić information content (AvgIpc) is 3.15. The molecular formula is C19H21N5O3S. The number of hydrogen-bond acceptors (Lipinski definition) is 7. The Labute approximate surface area is 163 Å². The largest absolute Gasteiger partial charge is 0.497 e. The minimum Gasteiger partial charge on any atom is -0.497 e. The van der Waals surface area contributed by atoms with Crippen molar-refractivity contribution in [2.75, 3.05) is 19.9 Å². The summed E-state index contributed by atoms with van der Waals surface area (Å²) in [6.07, 6.45) is 5.29. The van der Waals surface area contributed by atoms with Gasteiger partial charge in [0.2, 0.25) is 15.0 Å². The molecule has 1 aliphatic rings. The van der Waals surface area contributed by atoms with Crippen LogP contribution in [0.2, 0.25) is 0 Å². The number of fused-ring (bicyclic) bond motifs is 1. The van der Waals surface area contributed by atoms with Crippen LogP contribution in [0.1, 0.15) is 16.8 Å². The Morgan fingerprint density at radius 1 is 1.21 bits per heavy atom. The maximum absolute atomic E-state index is 11.7. The van der Waals surface area contributed by atoms with Crippen molar-refractivity contribution in [3.8, 4) is 17.0 Å². The Hall–Kier alpha value is -2.78. The predicted octanol–water partition coefficient (Wildman–Crippen LogP) is 1.84. The quantitative estimate of drug-likeness (QED) is 0.653. The smallest absolute Gasteiger partial charge is 0.246 e. The van der Waals surface area contributed by atoms with E-state index in [1.54, 1.807) is 13.3 Å². The Bertz CT molecular complexity index is 1090. The highest BCUT2D eigenvalue weighted by Crippen LogP contribution is 2.26. The van der Waals surface area contributed by atoms with E-state index in [9.17, 15) is 8.42 Å². The normalized spacial score (nSPS) is 14.6. The summed E-state index contributed by atoms with van der Waals surface area (Å²) in [4.78, 5) is 10.5. The van der Waals surface area contributed by atoms with Crippen molar-refractivity contribution in [2.45, 2.75) is 24.7 Å². The van der Waals surface area contributed by atoms with Crippen LogP contribution in [0.15, 0.2) is 41.8 Å². The third kappa shape index (κ3) is 3.76. The first kappa shape index (κ1) is 18.6. The number of benzene rings is 1. The lowest BCUT2D eigenvalue weighted by molar-refractivity contribution is 0.242. The van der Waals surface area contributed by atoms with Crippen LogP contribution in [-0.4, -0.2) is 53.4 Å². The molecule has 0 radical (unpaired) electrons. The third-order valence-corrected chi connectivity index (χ3v) is 5.67. The molecule has 0 amide bonds.